The highest BCUT2D eigenvalue weighted by molar-refractivity contribution is 6.02. The molecule has 0 radical (unpaired) electrons. The van der Waals surface area contributed by atoms with Gasteiger partial charge in [-0.25, -0.2) is 9.18 Å². The van der Waals surface area contributed by atoms with Gasteiger partial charge in [0.05, 0.1) is 22.6 Å². The van der Waals surface area contributed by atoms with Crippen molar-refractivity contribution in [2.45, 2.75) is 13.3 Å². The number of benzene rings is 1. The molecule has 150 valence electrons. The van der Waals surface area contributed by atoms with Crippen LogP contribution in [0.3, 0.4) is 0 Å². The first kappa shape index (κ1) is 19.4. The summed E-state index contributed by atoms with van der Waals surface area (Å²) in [4.78, 5) is 24.7. The van der Waals surface area contributed by atoms with Crippen molar-refractivity contribution in [3.05, 3.63) is 78.0 Å². The zero-order valence-electron chi connectivity index (χ0n) is 16.3. The van der Waals surface area contributed by atoms with Crippen molar-refractivity contribution in [1.82, 2.24) is 20.3 Å². The Hall–Kier alpha value is -3.87. The van der Waals surface area contributed by atoms with Crippen LogP contribution in [0.1, 0.15) is 11.3 Å². The third kappa shape index (κ3) is 3.82. The van der Waals surface area contributed by atoms with Gasteiger partial charge in [-0.3, -0.25) is 15.0 Å². The van der Waals surface area contributed by atoms with E-state index in [0.29, 0.717) is 34.4 Å². The number of hydrogen-bond acceptors (Lipinski definition) is 4. The Morgan fingerprint density at radius 1 is 1.07 bits per heavy atom. The molecule has 0 unspecified atom stereocenters. The number of carboxylic acid groups (broad SMARTS) is 1. The monoisotopic (exact) mass is 402 g/mol. The lowest BCUT2D eigenvalue weighted by atomic mass is 9.92. The molecule has 30 heavy (non-hydrogen) atoms. The van der Waals surface area contributed by atoms with Crippen LogP contribution in [0.25, 0.3) is 33.4 Å². The van der Waals surface area contributed by atoms with E-state index in [1.807, 2.05) is 37.3 Å². The van der Waals surface area contributed by atoms with Crippen LogP contribution < -0.4 is 5.32 Å². The van der Waals surface area contributed by atoms with Gasteiger partial charge in [0.15, 0.2) is 0 Å². The van der Waals surface area contributed by atoms with E-state index >= 15 is 0 Å². The second-order valence-corrected chi connectivity index (χ2v) is 6.84. The normalized spacial score (nSPS) is 10.9. The molecule has 0 fully saturated rings. The fourth-order valence-electron chi connectivity index (χ4n) is 3.53. The first-order chi connectivity index (χ1) is 14.5. The molecule has 4 aromatic rings. The number of amides is 1. The maximum atomic E-state index is 14.2. The quantitative estimate of drug-likeness (QED) is 0.509. The van der Waals surface area contributed by atoms with E-state index in [1.165, 1.54) is 12.1 Å². The van der Waals surface area contributed by atoms with Crippen molar-refractivity contribution in [3.8, 4) is 22.5 Å². The van der Waals surface area contributed by atoms with Crippen LogP contribution in [0.2, 0.25) is 0 Å². The molecule has 0 saturated heterocycles. The number of pyridine rings is 3. The molecule has 1 amide bonds. The van der Waals surface area contributed by atoms with Crippen LogP contribution in [0, 0.1) is 12.7 Å². The number of nitrogens with one attached hydrogen (secondary N) is 1. The Morgan fingerprint density at radius 2 is 1.90 bits per heavy atom. The van der Waals surface area contributed by atoms with Gasteiger partial charge in [-0.05, 0) is 48.9 Å². The zero-order chi connectivity index (χ0) is 21.1. The van der Waals surface area contributed by atoms with E-state index < -0.39 is 6.09 Å². The SMILES string of the molecule is Cc1cccnc1-c1c(-c2ccccn2)c(CCNC(=O)O)nc2ccc(F)cc12. The molecule has 6 nitrogen and oxygen atoms in total. The van der Waals surface area contributed by atoms with Crippen LogP contribution in [0.5, 0.6) is 0 Å². The Morgan fingerprint density at radius 3 is 2.63 bits per heavy atom. The molecule has 0 atom stereocenters. The first-order valence-corrected chi connectivity index (χ1v) is 9.47. The molecule has 3 aromatic heterocycles. The van der Waals surface area contributed by atoms with Crippen molar-refractivity contribution in [3.63, 3.8) is 0 Å². The molecule has 4 rings (SSSR count). The number of aryl methyl sites for hydroxylation is 1. The third-order valence-corrected chi connectivity index (χ3v) is 4.83. The predicted octanol–water partition coefficient (Wildman–Crippen LogP) is 4.62. The Labute approximate surface area is 172 Å². The molecular weight excluding hydrogens is 383 g/mol. The van der Waals surface area contributed by atoms with Crippen molar-refractivity contribution in [2.75, 3.05) is 6.54 Å². The summed E-state index contributed by atoms with van der Waals surface area (Å²) in [6.07, 6.45) is 2.63. The maximum absolute atomic E-state index is 14.2. The highest BCUT2D eigenvalue weighted by atomic mass is 19.1. The summed E-state index contributed by atoms with van der Waals surface area (Å²) in [7, 11) is 0. The number of aromatic nitrogens is 3. The number of halogens is 1. The lowest BCUT2D eigenvalue weighted by molar-refractivity contribution is 0.194. The molecule has 0 spiro atoms. The van der Waals surface area contributed by atoms with Crippen LogP contribution in [-0.2, 0) is 6.42 Å². The lowest BCUT2D eigenvalue weighted by Crippen LogP contribution is -2.23. The van der Waals surface area contributed by atoms with E-state index in [0.717, 1.165) is 16.7 Å². The van der Waals surface area contributed by atoms with Crippen molar-refractivity contribution < 1.29 is 14.3 Å². The van der Waals surface area contributed by atoms with E-state index in [1.54, 1.807) is 18.5 Å². The van der Waals surface area contributed by atoms with Gasteiger partial charge in [-0.2, -0.15) is 0 Å². The first-order valence-electron chi connectivity index (χ1n) is 9.47. The molecule has 0 aliphatic carbocycles. The van der Waals surface area contributed by atoms with Gasteiger partial charge in [0.25, 0.3) is 0 Å². The summed E-state index contributed by atoms with van der Waals surface area (Å²) in [5.74, 6) is -0.369. The number of hydrogen-bond donors (Lipinski definition) is 2. The van der Waals surface area contributed by atoms with Gasteiger partial charge in [-0.1, -0.05) is 12.1 Å². The topological polar surface area (TPSA) is 88.0 Å². The number of fused-ring (bicyclic) bond motifs is 1. The molecule has 0 aliphatic heterocycles. The highest BCUT2D eigenvalue weighted by Crippen LogP contribution is 2.39. The van der Waals surface area contributed by atoms with Crippen molar-refractivity contribution in [1.29, 1.82) is 0 Å². The molecule has 0 saturated carbocycles. The number of carbonyl (C=O) groups is 1. The van der Waals surface area contributed by atoms with Gasteiger partial charge < -0.3 is 10.4 Å². The maximum Gasteiger partial charge on any atom is 0.404 e. The molecule has 3 heterocycles. The van der Waals surface area contributed by atoms with E-state index in [9.17, 15) is 9.18 Å². The second kappa shape index (κ2) is 8.24. The highest BCUT2D eigenvalue weighted by Gasteiger charge is 2.21. The summed E-state index contributed by atoms with van der Waals surface area (Å²) < 4.78 is 14.2. The smallest absolute Gasteiger partial charge is 0.404 e. The Balaban J connectivity index is 2.07. The fourth-order valence-corrected chi connectivity index (χ4v) is 3.53. The fraction of sp³-hybridized carbons (Fsp3) is 0.130. The van der Waals surface area contributed by atoms with Crippen molar-refractivity contribution in [2.24, 2.45) is 0 Å². The van der Waals surface area contributed by atoms with Gasteiger partial charge >= 0.3 is 6.09 Å². The molecule has 2 N–H and O–H groups in total. The lowest BCUT2D eigenvalue weighted by Gasteiger charge is -2.18. The predicted molar refractivity (Wildman–Crippen MR) is 113 cm³/mol. The standard InChI is InChI=1S/C23H19FN4O2/c1-14-5-4-11-26-22(14)20-16-13-15(24)7-8-17(16)28-19(9-12-27-23(29)30)21(20)18-6-2-3-10-25-18/h2-8,10-11,13,27H,9,12H2,1H3,(H,29,30). The zero-order valence-corrected chi connectivity index (χ0v) is 16.3. The third-order valence-electron chi connectivity index (χ3n) is 4.83. The minimum absolute atomic E-state index is 0.190. The summed E-state index contributed by atoms with van der Waals surface area (Å²) in [6, 6.07) is 13.8. The average molecular weight is 402 g/mol. The molecule has 0 bridgehead atoms. The van der Waals surface area contributed by atoms with Crippen LogP contribution in [0.15, 0.2) is 60.9 Å². The second-order valence-electron chi connectivity index (χ2n) is 6.84. The summed E-state index contributed by atoms with van der Waals surface area (Å²) in [5, 5.41) is 12.0. The van der Waals surface area contributed by atoms with Gasteiger partial charge in [-0.15, -0.1) is 0 Å². The van der Waals surface area contributed by atoms with E-state index in [4.69, 9.17) is 10.1 Å². The summed E-state index contributed by atoms with van der Waals surface area (Å²) >= 11 is 0. The Kier molecular flexibility index (Phi) is 5.34. The minimum Gasteiger partial charge on any atom is -0.465 e. The molecule has 1 aromatic carbocycles. The van der Waals surface area contributed by atoms with Crippen LogP contribution >= 0.6 is 0 Å². The number of nitrogens with zero attached hydrogens (tertiary/aromatic N) is 3. The van der Waals surface area contributed by atoms with Gasteiger partial charge in [0, 0.05) is 41.9 Å². The van der Waals surface area contributed by atoms with E-state index in [2.05, 4.69) is 15.3 Å². The number of rotatable bonds is 5. The molecule has 0 aliphatic rings. The molecular formula is C23H19FN4O2. The van der Waals surface area contributed by atoms with Gasteiger partial charge in [0.1, 0.15) is 5.82 Å². The summed E-state index contributed by atoms with van der Waals surface area (Å²) in [6.45, 7) is 2.14. The van der Waals surface area contributed by atoms with E-state index in [-0.39, 0.29) is 12.4 Å². The largest absolute Gasteiger partial charge is 0.465 e. The summed E-state index contributed by atoms with van der Waals surface area (Å²) in [5.41, 5.74) is 5.05. The van der Waals surface area contributed by atoms with Gasteiger partial charge in [0.2, 0.25) is 0 Å². The average Bonchev–Trinajstić information content (AvgIpc) is 2.74. The van der Waals surface area contributed by atoms with Crippen LogP contribution in [-0.4, -0.2) is 32.7 Å². The Bertz CT molecular complexity index is 1230. The van der Waals surface area contributed by atoms with Crippen molar-refractivity contribution >= 4 is 17.0 Å². The minimum atomic E-state index is -1.10. The van der Waals surface area contributed by atoms with Crippen LogP contribution in [0.4, 0.5) is 9.18 Å². The molecule has 7 heteroatoms.